The van der Waals surface area contributed by atoms with Gasteiger partial charge in [-0.1, -0.05) is 0 Å². The summed E-state index contributed by atoms with van der Waals surface area (Å²) in [7, 11) is -3.64. The lowest BCUT2D eigenvalue weighted by molar-refractivity contribution is -0.138. The first-order valence-electron chi connectivity index (χ1n) is 4.87. The van der Waals surface area contributed by atoms with Crippen LogP contribution in [0.25, 0.3) is 0 Å². The predicted octanol–water partition coefficient (Wildman–Crippen LogP) is -2.63. The van der Waals surface area contributed by atoms with E-state index in [4.69, 9.17) is 10.8 Å². The van der Waals surface area contributed by atoms with Crippen LogP contribution in [-0.4, -0.2) is 50.2 Å². The van der Waals surface area contributed by atoms with Crippen molar-refractivity contribution in [2.45, 2.75) is 18.9 Å². The lowest BCUT2D eigenvalue weighted by Crippen LogP contribution is -2.42. The van der Waals surface area contributed by atoms with Crippen LogP contribution in [0, 0.1) is 0 Å². The molecule has 0 spiro atoms. The number of carboxylic acid groups (broad SMARTS) is 1. The van der Waals surface area contributed by atoms with Crippen molar-refractivity contribution >= 4 is 27.8 Å². The van der Waals surface area contributed by atoms with Crippen molar-refractivity contribution < 1.29 is 27.9 Å². The smallest absolute Gasteiger partial charge is 0.322 e. The van der Waals surface area contributed by atoms with Crippen LogP contribution in [0.4, 0.5) is 0 Å². The average molecular weight is 281 g/mol. The summed E-state index contributed by atoms with van der Waals surface area (Å²) < 4.78 is 23.0. The van der Waals surface area contributed by atoms with Gasteiger partial charge in [0.1, 0.15) is 6.04 Å². The second kappa shape index (κ2) is 6.91. The Morgan fingerprint density at radius 2 is 1.72 bits per heavy atom. The highest BCUT2D eigenvalue weighted by Gasteiger charge is 2.14. The summed E-state index contributed by atoms with van der Waals surface area (Å²) in [5, 5.41) is 10.6. The number of nitrogens with one attached hydrogen (secondary N) is 2. The molecule has 0 aromatic carbocycles. The summed E-state index contributed by atoms with van der Waals surface area (Å²) in [5.41, 5.74) is 5.13. The lowest BCUT2D eigenvalue weighted by Gasteiger charge is -2.08. The molecule has 0 bridgehead atoms. The van der Waals surface area contributed by atoms with Crippen LogP contribution < -0.4 is 15.8 Å². The molecule has 0 radical (unpaired) electrons. The van der Waals surface area contributed by atoms with E-state index in [2.05, 4.69) is 5.32 Å². The zero-order valence-corrected chi connectivity index (χ0v) is 10.5. The normalized spacial score (nSPS) is 12.6. The fraction of sp³-hybridized carbons (Fsp3) is 0.625. The zero-order chi connectivity index (χ0) is 14.3. The molecule has 18 heavy (non-hydrogen) atoms. The molecular weight excluding hydrogens is 266 g/mol. The van der Waals surface area contributed by atoms with Gasteiger partial charge in [-0.05, 0) is 0 Å². The van der Waals surface area contributed by atoms with Gasteiger partial charge in [-0.2, -0.15) is 0 Å². The summed E-state index contributed by atoms with van der Waals surface area (Å²) in [6, 6.07) is -1.22. The molecule has 0 aliphatic rings. The first-order valence-corrected chi connectivity index (χ1v) is 6.76. The highest BCUT2D eigenvalue weighted by molar-refractivity contribution is 7.89. The molecule has 0 fully saturated rings. The van der Waals surface area contributed by atoms with E-state index < -0.39 is 33.8 Å². The van der Waals surface area contributed by atoms with Gasteiger partial charge in [0, 0.05) is 19.4 Å². The second-order valence-corrected chi connectivity index (χ2v) is 5.29. The Labute approximate surface area is 104 Å². The summed E-state index contributed by atoms with van der Waals surface area (Å²) in [6.07, 6.45) is 0.242. The lowest BCUT2D eigenvalue weighted by atomic mass is 10.2. The van der Waals surface area contributed by atoms with Crippen molar-refractivity contribution in [2.24, 2.45) is 5.73 Å². The first-order chi connectivity index (χ1) is 8.11. The Morgan fingerprint density at radius 1 is 1.22 bits per heavy atom. The third-order valence-electron chi connectivity index (χ3n) is 1.71. The second-order valence-electron chi connectivity index (χ2n) is 3.55. The molecule has 1 atom stereocenters. The Morgan fingerprint density at radius 3 is 2.17 bits per heavy atom. The van der Waals surface area contributed by atoms with Crippen molar-refractivity contribution in [1.29, 1.82) is 0 Å². The number of nitrogens with two attached hydrogens (primary N) is 1. The van der Waals surface area contributed by atoms with E-state index >= 15 is 0 Å². The molecule has 0 aliphatic carbocycles. The highest BCUT2D eigenvalue weighted by atomic mass is 32.2. The first kappa shape index (κ1) is 16.3. The number of carboxylic acids is 1. The number of aliphatic carboxylic acids is 1. The quantitative estimate of drug-likeness (QED) is 0.397. The minimum Gasteiger partial charge on any atom is -0.480 e. The molecule has 0 aliphatic heterocycles. The van der Waals surface area contributed by atoms with E-state index in [1.54, 1.807) is 4.72 Å². The van der Waals surface area contributed by atoms with E-state index in [1.807, 2.05) is 0 Å². The Hall–Kier alpha value is -1.68. The van der Waals surface area contributed by atoms with Crippen LogP contribution in [-0.2, 0) is 24.4 Å². The number of amides is 2. The third-order valence-corrected chi connectivity index (χ3v) is 2.31. The molecule has 1 unspecified atom stereocenters. The standard InChI is InChI=1S/C8H15N3O6S/c1-18(16,17)11-7(13)3-2-6(12)10-4-5(9)8(14)15/h5H,2-4,9H2,1H3,(H,10,12)(H,11,13)(H,14,15). The van der Waals surface area contributed by atoms with Gasteiger partial charge in [-0.25, -0.2) is 8.42 Å². The minimum absolute atomic E-state index is 0.256. The number of hydrogen-bond donors (Lipinski definition) is 4. The third kappa shape index (κ3) is 8.47. The van der Waals surface area contributed by atoms with Crippen LogP contribution >= 0.6 is 0 Å². The molecule has 0 heterocycles. The van der Waals surface area contributed by atoms with Gasteiger partial charge in [0.05, 0.1) is 6.26 Å². The Balaban J connectivity index is 3.91. The fourth-order valence-corrected chi connectivity index (χ4v) is 1.40. The molecular formula is C8H15N3O6S. The van der Waals surface area contributed by atoms with Crippen LogP contribution in [0.3, 0.4) is 0 Å². The maximum Gasteiger partial charge on any atom is 0.322 e. The topological polar surface area (TPSA) is 156 Å². The van der Waals surface area contributed by atoms with E-state index in [9.17, 15) is 22.8 Å². The van der Waals surface area contributed by atoms with E-state index in [1.165, 1.54) is 0 Å². The van der Waals surface area contributed by atoms with Crippen molar-refractivity contribution in [3.05, 3.63) is 0 Å². The fourth-order valence-electron chi connectivity index (χ4n) is 0.884. The Kier molecular flexibility index (Phi) is 6.27. The van der Waals surface area contributed by atoms with Crippen molar-refractivity contribution in [3.8, 4) is 0 Å². The molecule has 5 N–H and O–H groups in total. The molecule has 10 heteroatoms. The number of carbonyl (C=O) groups is 3. The zero-order valence-electron chi connectivity index (χ0n) is 9.67. The summed E-state index contributed by atoms with van der Waals surface area (Å²) in [6.45, 7) is -0.262. The van der Waals surface area contributed by atoms with Crippen LogP contribution in [0.2, 0.25) is 0 Å². The van der Waals surface area contributed by atoms with Crippen LogP contribution in [0.1, 0.15) is 12.8 Å². The van der Waals surface area contributed by atoms with Crippen molar-refractivity contribution in [3.63, 3.8) is 0 Å². The van der Waals surface area contributed by atoms with E-state index in [-0.39, 0.29) is 19.4 Å². The van der Waals surface area contributed by atoms with E-state index in [0.29, 0.717) is 0 Å². The highest BCUT2D eigenvalue weighted by Crippen LogP contribution is 1.91. The molecule has 104 valence electrons. The van der Waals surface area contributed by atoms with Crippen molar-refractivity contribution in [1.82, 2.24) is 10.0 Å². The molecule has 9 nitrogen and oxygen atoms in total. The number of sulfonamides is 1. The molecule has 0 rings (SSSR count). The van der Waals surface area contributed by atoms with Gasteiger partial charge >= 0.3 is 5.97 Å². The number of carbonyl (C=O) groups excluding carboxylic acids is 2. The van der Waals surface area contributed by atoms with E-state index in [0.717, 1.165) is 6.26 Å². The molecule has 0 saturated carbocycles. The predicted molar refractivity (Wildman–Crippen MR) is 60.8 cm³/mol. The molecule has 0 aromatic heterocycles. The molecule has 0 saturated heterocycles. The maximum atomic E-state index is 11.2. The average Bonchev–Trinajstić information content (AvgIpc) is 2.20. The summed E-state index contributed by atoms with van der Waals surface area (Å²) >= 11 is 0. The maximum absolute atomic E-state index is 11.2. The monoisotopic (exact) mass is 281 g/mol. The molecule has 2 amide bonds. The van der Waals surface area contributed by atoms with Gasteiger partial charge in [-0.15, -0.1) is 0 Å². The Bertz CT molecular complexity index is 432. The number of hydrogen-bond acceptors (Lipinski definition) is 6. The molecule has 0 aromatic rings. The van der Waals surface area contributed by atoms with Gasteiger partial charge in [0.2, 0.25) is 21.8 Å². The van der Waals surface area contributed by atoms with Gasteiger partial charge in [0.25, 0.3) is 0 Å². The minimum atomic E-state index is -3.64. The summed E-state index contributed by atoms with van der Waals surface area (Å²) in [5.74, 6) is -2.66. The van der Waals surface area contributed by atoms with Gasteiger partial charge < -0.3 is 16.2 Å². The number of rotatable bonds is 7. The van der Waals surface area contributed by atoms with Crippen LogP contribution in [0.15, 0.2) is 0 Å². The van der Waals surface area contributed by atoms with Gasteiger partial charge in [-0.3, -0.25) is 19.1 Å². The SMILES string of the molecule is CS(=O)(=O)NC(=O)CCC(=O)NCC(N)C(=O)O. The van der Waals surface area contributed by atoms with Crippen LogP contribution in [0.5, 0.6) is 0 Å². The van der Waals surface area contributed by atoms with Crippen molar-refractivity contribution in [2.75, 3.05) is 12.8 Å². The summed E-state index contributed by atoms with van der Waals surface area (Å²) in [4.78, 5) is 32.5. The van der Waals surface area contributed by atoms with Gasteiger partial charge in [0.15, 0.2) is 0 Å². The largest absolute Gasteiger partial charge is 0.480 e.